The maximum atomic E-state index is 14.9. The normalized spacial score (nSPS) is 14.9. The van der Waals surface area contributed by atoms with Crippen LogP contribution in [-0.2, 0) is 41.3 Å². The Labute approximate surface area is 209 Å². The minimum Gasteiger partial charge on any atom is -0.386 e. The number of nitrogens with one attached hydrogen (secondary N) is 2. The van der Waals surface area contributed by atoms with Gasteiger partial charge in [-0.1, -0.05) is 0 Å². The van der Waals surface area contributed by atoms with Crippen LogP contribution in [-0.4, -0.2) is 24.5 Å². The van der Waals surface area contributed by atoms with Crippen LogP contribution in [0.2, 0.25) is 0 Å². The molecule has 0 bridgehead atoms. The number of carbonyl (C=O) groups is 1. The van der Waals surface area contributed by atoms with Crippen molar-refractivity contribution in [2.24, 2.45) is 0 Å². The molecule has 3 aromatic rings. The standard InChI is InChI=1S/C27H28FN3O4S/c1-27(2,33)18-13-17(16-9-11-29-12-10-16)14-19(15-18)36(34,35)31-26(32)30-25-22-7-3-5-20(22)24(28)21-6-4-8-23(21)25/h9-15,33H,3-8H2,1-2H3,(H2,30,31,32). The molecule has 0 aliphatic heterocycles. The number of halogens is 1. The van der Waals surface area contributed by atoms with E-state index in [0.29, 0.717) is 53.6 Å². The number of carbonyl (C=O) groups excluding carboxylic acids is 1. The number of benzene rings is 2. The van der Waals surface area contributed by atoms with Crippen LogP contribution in [0.25, 0.3) is 11.1 Å². The summed E-state index contributed by atoms with van der Waals surface area (Å²) in [6.45, 7) is 3.12. The summed E-state index contributed by atoms with van der Waals surface area (Å²) in [5, 5.41) is 13.3. The highest BCUT2D eigenvalue weighted by atomic mass is 32.2. The number of aromatic nitrogens is 1. The minimum absolute atomic E-state index is 0.154. The van der Waals surface area contributed by atoms with Crippen molar-refractivity contribution in [2.45, 2.75) is 62.9 Å². The number of fused-ring (bicyclic) bond motifs is 2. The van der Waals surface area contributed by atoms with Gasteiger partial charge in [0.1, 0.15) is 5.82 Å². The predicted molar refractivity (Wildman–Crippen MR) is 135 cm³/mol. The Morgan fingerprint density at radius 2 is 1.53 bits per heavy atom. The molecule has 36 heavy (non-hydrogen) atoms. The van der Waals surface area contributed by atoms with Crippen LogP contribution >= 0.6 is 0 Å². The monoisotopic (exact) mass is 509 g/mol. The van der Waals surface area contributed by atoms with Gasteiger partial charge in [0, 0.05) is 18.1 Å². The fraction of sp³-hybridized carbons (Fsp3) is 0.333. The van der Waals surface area contributed by atoms with Gasteiger partial charge in [-0.2, -0.15) is 0 Å². The van der Waals surface area contributed by atoms with E-state index in [1.165, 1.54) is 12.1 Å². The van der Waals surface area contributed by atoms with Crippen molar-refractivity contribution in [1.82, 2.24) is 9.71 Å². The molecule has 9 heteroatoms. The number of hydrogen-bond donors (Lipinski definition) is 3. The third-order valence-corrected chi connectivity index (χ3v) is 8.28. The van der Waals surface area contributed by atoms with E-state index in [1.807, 2.05) is 0 Å². The van der Waals surface area contributed by atoms with Crippen LogP contribution in [0.5, 0.6) is 0 Å². The Balaban J connectivity index is 1.48. The highest BCUT2D eigenvalue weighted by Crippen LogP contribution is 2.41. The molecule has 1 heterocycles. The van der Waals surface area contributed by atoms with Gasteiger partial charge < -0.3 is 10.4 Å². The zero-order chi connectivity index (χ0) is 25.7. The predicted octanol–water partition coefficient (Wildman–Crippen LogP) is 4.60. The van der Waals surface area contributed by atoms with Gasteiger partial charge in [-0.05, 0) is 122 Å². The summed E-state index contributed by atoms with van der Waals surface area (Å²) < 4.78 is 43.6. The number of sulfonamides is 1. The van der Waals surface area contributed by atoms with Crippen molar-refractivity contribution >= 4 is 21.7 Å². The summed E-state index contributed by atoms with van der Waals surface area (Å²) >= 11 is 0. The van der Waals surface area contributed by atoms with Gasteiger partial charge in [-0.25, -0.2) is 22.3 Å². The van der Waals surface area contributed by atoms with Gasteiger partial charge in [-0.3, -0.25) is 4.98 Å². The van der Waals surface area contributed by atoms with Crippen LogP contribution in [0.4, 0.5) is 14.9 Å². The molecular weight excluding hydrogens is 481 g/mol. The Morgan fingerprint density at radius 3 is 2.11 bits per heavy atom. The lowest BCUT2D eigenvalue weighted by Crippen LogP contribution is -2.35. The zero-order valence-corrected chi connectivity index (χ0v) is 21.0. The fourth-order valence-electron chi connectivity index (χ4n) is 5.18. The summed E-state index contributed by atoms with van der Waals surface area (Å²) in [6, 6.07) is 7.08. The highest BCUT2D eigenvalue weighted by molar-refractivity contribution is 7.90. The molecule has 0 fully saturated rings. The van der Waals surface area contributed by atoms with Crippen LogP contribution in [0.3, 0.4) is 0 Å². The number of amides is 2. The first kappa shape index (κ1) is 24.4. The maximum Gasteiger partial charge on any atom is 0.333 e. The Bertz CT molecular complexity index is 1430. The van der Waals surface area contributed by atoms with Gasteiger partial charge in [0.25, 0.3) is 10.0 Å². The molecule has 0 atom stereocenters. The average Bonchev–Trinajstić information content (AvgIpc) is 3.52. The van der Waals surface area contributed by atoms with Crippen molar-refractivity contribution in [3.8, 4) is 11.1 Å². The lowest BCUT2D eigenvalue weighted by Gasteiger charge is -2.21. The number of aliphatic hydroxyl groups is 1. The number of hydrogen-bond acceptors (Lipinski definition) is 5. The van der Waals surface area contributed by atoms with Crippen molar-refractivity contribution < 1.29 is 22.7 Å². The molecule has 2 aliphatic carbocycles. The maximum absolute atomic E-state index is 14.9. The van der Waals surface area contributed by atoms with Gasteiger partial charge in [0.15, 0.2) is 0 Å². The highest BCUT2D eigenvalue weighted by Gasteiger charge is 2.31. The number of pyridine rings is 1. The number of rotatable bonds is 5. The van der Waals surface area contributed by atoms with Crippen LogP contribution in [0, 0.1) is 5.82 Å². The minimum atomic E-state index is -4.29. The van der Waals surface area contributed by atoms with Crippen LogP contribution < -0.4 is 10.0 Å². The smallest absolute Gasteiger partial charge is 0.333 e. The van der Waals surface area contributed by atoms with Gasteiger partial charge >= 0.3 is 6.03 Å². The van der Waals surface area contributed by atoms with Crippen LogP contribution in [0.1, 0.15) is 54.5 Å². The molecule has 7 nitrogen and oxygen atoms in total. The molecule has 2 amide bonds. The van der Waals surface area contributed by atoms with Crippen molar-refractivity contribution in [2.75, 3.05) is 5.32 Å². The SMILES string of the molecule is CC(C)(O)c1cc(-c2ccncc2)cc(S(=O)(=O)NC(=O)Nc2c3c(c(F)c4c2CCC4)CCC3)c1. The Hall–Kier alpha value is -3.30. The summed E-state index contributed by atoms with van der Waals surface area (Å²) in [7, 11) is -4.29. The van der Waals surface area contributed by atoms with E-state index in [1.54, 1.807) is 44.4 Å². The second-order valence-electron chi connectivity index (χ2n) is 9.91. The summed E-state index contributed by atoms with van der Waals surface area (Å²) in [4.78, 5) is 16.8. The van der Waals surface area contributed by atoms with E-state index in [-0.39, 0.29) is 10.7 Å². The molecule has 2 aliphatic rings. The van der Waals surface area contributed by atoms with Crippen LogP contribution in [0.15, 0.2) is 47.6 Å². The lowest BCUT2D eigenvalue weighted by molar-refractivity contribution is 0.0784. The molecule has 0 spiro atoms. The zero-order valence-electron chi connectivity index (χ0n) is 20.2. The summed E-state index contributed by atoms with van der Waals surface area (Å²) in [6.07, 6.45) is 7.29. The summed E-state index contributed by atoms with van der Waals surface area (Å²) in [5.74, 6) is -0.166. The van der Waals surface area contributed by atoms with E-state index >= 15 is 0 Å². The molecule has 2 aromatic carbocycles. The van der Waals surface area contributed by atoms with E-state index in [4.69, 9.17) is 0 Å². The fourth-order valence-corrected chi connectivity index (χ4v) is 6.15. The van der Waals surface area contributed by atoms with Gasteiger partial charge in [0.2, 0.25) is 0 Å². The summed E-state index contributed by atoms with van der Waals surface area (Å²) in [5.41, 5.74) is 3.70. The molecule has 0 saturated carbocycles. The van der Waals surface area contributed by atoms with Gasteiger partial charge in [-0.15, -0.1) is 0 Å². The van der Waals surface area contributed by atoms with E-state index in [9.17, 15) is 22.7 Å². The third-order valence-electron chi connectivity index (χ3n) is 6.97. The Kier molecular flexibility index (Phi) is 6.08. The molecular formula is C27H28FN3O4S. The molecule has 0 radical (unpaired) electrons. The van der Waals surface area contributed by atoms with Gasteiger partial charge in [0.05, 0.1) is 10.5 Å². The first-order valence-corrected chi connectivity index (χ1v) is 13.5. The molecule has 188 valence electrons. The first-order valence-electron chi connectivity index (χ1n) is 12.0. The quantitative estimate of drug-likeness (QED) is 0.466. The van der Waals surface area contributed by atoms with Crippen molar-refractivity contribution in [3.63, 3.8) is 0 Å². The molecule has 1 aromatic heterocycles. The van der Waals surface area contributed by atoms with Crippen molar-refractivity contribution in [1.29, 1.82) is 0 Å². The first-order chi connectivity index (χ1) is 17.0. The topological polar surface area (TPSA) is 108 Å². The second kappa shape index (κ2) is 8.97. The van der Waals surface area contributed by atoms with Crippen molar-refractivity contribution in [3.05, 3.63) is 76.4 Å². The van der Waals surface area contributed by atoms with E-state index in [2.05, 4.69) is 15.0 Å². The molecule has 0 saturated heterocycles. The second-order valence-corrected chi connectivity index (χ2v) is 11.6. The molecule has 0 unspecified atom stereocenters. The number of anilines is 1. The average molecular weight is 510 g/mol. The van der Waals surface area contributed by atoms with E-state index < -0.39 is 21.7 Å². The number of nitrogens with zero attached hydrogens (tertiary/aromatic N) is 1. The molecule has 3 N–H and O–H groups in total. The third kappa shape index (κ3) is 4.49. The lowest BCUT2D eigenvalue weighted by atomic mass is 9.94. The Morgan fingerprint density at radius 1 is 0.944 bits per heavy atom. The largest absolute Gasteiger partial charge is 0.386 e. The van der Waals surface area contributed by atoms with E-state index in [0.717, 1.165) is 29.5 Å². The molecule has 5 rings (SSSR count). The number of urea groups is 1.